The van der Waals surface area contributed by atoms with Gasteiger partial charge in [0.1, 0.15) is 17.3 Å². The summed E-state index contributed by atoms with van der Waals surface area (Å²) in [5, 5.41) is 12.1. The first-order valence-corrected chi connectivity index (χ1v) is 9.63. The van der Waals surface area contributed by atoms with Gasteiger partial charge in [0.05, 0.1) is 18.0 Å². The van der Waals surface area contributed by atoms with Crippen LogP contribution in [0, 0.1) is 5.82 Å². The summed E-state index contributed by atoms with van der Waals surface area (Å²) in [6.07, 6.45) is -4.12. The minimum atomic E-state index is -4.75. The molecule has 0 unspecified atom stereocenters. The number of hydrogen-bond donors (Lipinski definition) is 2. The Morgan fingerprint density at radius 1 is 1.29 bits per heavy atom. The molecule has 1 aromatic heterocycles. The van der Waals surface area contributed by atoms with Crippen LogP contribution in [0.4, 0.5) is 23.2 Å². The largest absolute Gasteiger partial charge is 0.492 e. The minimum Gasteiger partial charge on any atom is -0.492 e. The highest BCUT2D eigenvalue weighted by Gasteiger charge is 2.39. The Hall–Kier alpha value is -2.82. The molecule has 0 amide bonds. The number of rotatable bonds is 4. The first-order chi connectivity index (χ1) is 14.4. The smallest absolute Gasteiger partial charge is 0.408 e. The zero-order valence-corrected chi connectivity index (χ0v) is 17.4. The number of aromatic carboxylic acids is 1. The van der Waals surface area contributed by atoms with E-state index in [4.69, 9.17) is 4.74 Å². The number of carboxylic acid groups (broad SMARTS) is 1. The Labute approximate surface area is 175 Å². The van der Waals surface area contributed by atoms with Gasteiger partial charge >= 0.3 is 12.1 Å². The van der Waals surface area contributed by atoms with Gasteiger partial charge in [-0.3, -0.25) is 4.79 Å². The number of anilines is 1. The maximum absolute atomic E-state index is 15.2. The summed E-state index contributed by atoms with van der Waals surface area (Å²) in [4.78, 5) is 25.8. The van der Waals surface area contributed by atoms with Crippen LogP contribution < -0.4 is 20.4 Å². The SMILES string of the molecule is COc1c(N2C[C@@H](C)N[C@@H](C)C2)c(F)cc2c(=O)c(C(=O)O)cn([C@H](C)C(F)(F)F)c12. The van der Waals surface area contributed by atoms with Gasteiger partial charge in [-0.15, -0.1) is 0 Å². The minimum absolute atomic E-state index is 0.0331. The van der Waals surface area contributed by atoms with E-state index in [9.17, 15) is 27.9 Å². The molecule has 7 nitrogen and oxygen atoms in total. The fourth-order valence-corrected chi connectivity index (χ4v) is 4.06. The first kappa shape index (κ1) is 22.9. The topological polar surface area (TPSA) is 83.8 Å². The van der Waals surface area contributed by atoms with Crippen LogP contribution in [0.1, 0.15) is 37.2 Å². The van der Waals surface area contributed by atoms with Crippen molar-refractivity contribution in [3.63, 3.8) is 0 Å². The number of carbonyl (C=O) groups is 1. The molecule has 1 aliphatic heterocycles. The molecule has 2 N–H and O–H groups in total. The molecule has 2 heterocycles. The first-order valence-electron chi connectivity index (χ1n) is 9.63. The third-order valence-electron chi connectivity index (χ3n) is 5.40. The lowest BCUT2D eigenvalue weighted by atomic mass is 10.0. The molecule has 1 fully saturated rings. The van der Waals surface area contributed by atoms with Crippen molar-refractivity contribution in [3.8, 4) is 5.75 Å². The number of hydrogen-bond acceptors (Lipinski definition) is 5. The molecule has 170 valence electrons. The van der Waals surface area contributed by atoms with Gasteiger partial charge in [0, 0.05) is 31.4 Å². The van der Waals surface area contributed by atoms with Gasteiger partial charge in [-0.2, -0.15) is 13.2 Å². The summed E-state index contributed by atoms with van der Waals surface area (Å²) in [7, 11) is 1.17. The lowest BCUT2D eigenvalue weighted by Crippen LogP contribution is -2.54. The molecule has 2 aromatic rings. The number of pyridine rings is 1. The summed E-state index contributed by atoms with van der Waals surface area (Å²) in [5.74, 6) is -2.83. The number of methoxy groups -OCH3 is 1. The van der Waals surface area contributed by atoms with Crippen molar-refractivity contribution in [1.29, 1.82) is 0 Å². The Balaban J connectivity index is 2.43. The Morgan fingerprint density at radius 2 is 1.87 bits per heavy atom. The van der Waals surface area contributed by atoms with Gasteiger partial charge in [-0.05, 0) is 26.8 Å². The van der Waals surface area contributed by atoms with E-state index in [2.05, 4.69) is 5.32 Å². The zero-order valence-electron chi connectivity index (χ0n) is 17.4. The fraction of sp³-hybridized carbons (Fsp3) is 0.500. The van der Waals surface area contributed by atoms with E-state index < -0.39 is 40.4 Å². The molecule has 0 radical (unpaired) electrons. The Bertz CT molecular complexity index is 1070. The molecule has 1 saturated heterocycles. The van der Waals surface area contributed by atoms with Gasteiger partial charge in [0.25, 0.3) is 0 Å². The van der Waals surface area contributed by atoms with Crippen LogP contribution >= 0.6 is 0 Å². The predicted molar refractivity (Wildman–Crippen MR) is 107 cm³/mol. The average Bonchev–Trinajstić information content (AvgIpc) is 2.65. The van der Waals surface area contributed by atoms with E-state index in [1.165, 1.54) is 7.11 Å². The Morgan fingerprint density at radius 3 is 2.35 bits per heavy atom. The van der Waals surface area contributed by atoms with Crippen molar-refractivity contribution in [2.24, 2.45) is 0 Å². The lowest BCUT2D eigenvalue weighted by molar-refractivity contribution is -0.162. The third-order valence-corrected chi connectivity index (χ3v) is 5.40. The van der Waals surface area contributed by atoms with E-state index in [1.54, 1.807) is 4.90 Å². The van der Waals surface area contributed by atoms with Crippen LogP contribution in [0.2, 0.25) is 0 Å². The van der Waals surface area contributed by atoms with Crippen molar-refractivity contribution in [3.05, 3.63) is 33.9 Å². The number of aromatic nitrogens is 1. The van der Waals surface area contributed by atoms with E-state index in [0.717, 1.165) is 13.0 Å². The van der Waals surface area contributed by atoms with Crippen LogP contribution in [-0.4, -0.2) is 54.1 Å². The number of alkyl halides is 3. The van der Waals surface area contributed by atoms with Crippen LogP contribution in [0.3, 0.4) is 0 Å². The van der Waals surface area contributed by atoms with Crippen molar-refractivity contribution in [2.75, 3.05) is 25.1 Å². The van der Waals surface area contributed by atoms with Crippen LogP contribution in [0.25, 0.3) is 10.9 Å². The second-order valence-corrected chi connectivity index (χ2v) is 7.81. The maximum atomic E-state index is 15.2. The molecule has 0 bridgehead atoms. The molecule has 0 saturated carbocycles. The number of ether oxygens (including phenoxy) is 1. The second kappa shape index (κ2) is 8.03. The highest BCUT2D eigenvalue weighted by molar-refractivity contribution is 5.97. The molecule has 3 atom stereocenters. The molecule has 3 rings (SSSR count). The third kappa shape index (κ3) is 4.06. The van der Waals surface area contributed by atoms with E-state index in [1.807, 2.05) is 13.8 Å². The second-order valence-electron chi connectivity index (χ2n) is 7.81. The molecular formula is C20H23F4N3O4. The molecule has 0 aliphatic carbocycles. The van der Waals surface area contributed by atoms with Crippen molar-refractivity contribution < 1.29 is 32.2 Å². The highest BCUT2D eigenvalue weighted by Crippen LogP contribution is 2.41. The Kier molecular flexibility index (Phi) is 5.92. The number of piperazine rings is 1. The summed E-state index contributed by atoms with van der Waals surface area (Å²) in [6, 6.07) is -1.47. The van der Waals surface area contributed by atoms with Gasteiger partial charge in [0.15, 0.2) is 11.6 Å². The van der Waals surface area contributed by atoms with Crippen molar-refractivity contribution in [1.82, 2.24) is 9.88 Å². The number of fused-ring (bicyclic) bond motifs is 1. The van der Waals surface area contributed by atoms with Crippen molar-refractivity contribution >= 4 is 22.6 Å². The standard InChI is InChI=1S/C20H23F4N3O4/c1-9-6-26(7-10(2)25-9)16-14(21)5-12-15(18(16)31-4)27(11(3)20(22,23)24)8-13(17(12)28)19(29)30/h5,8-11,25H,6-7H2,1-4H3,(H,29,30)/t9-,10+,11-/m1/s1. The van der Waals surface area contributed by atoms with Gasteiger partial charge in [-0.25, -0.2) is 9.18 Å². The molecule has 1 aromatic carbocycles. The normalized spacial score (nSPS) is 20.7. The summed E-state index contributed by atoms with van der Waals surface area (Å²) < 4.78 is 62.0. The molecule has 11 heteroatoms. The summed E-state index contributed by atoms with van der Waals surface area (Å²) in [6.45, 7) is 5.31. The quantitative estimate of drug-likeness (QED) is 0.704. The van der Waals surface area contributed by atoms with E-state index in [0.29, 0.717) is 23.9 Å². The molecule has 1 aliphatic rings. The van der Waals surface area contributed by atoms with Gasteiger partial charge < -0.3 is 24.6 Å². The molecule has 0 spiro atoms. The fourth-order valence-electron chi connectivity index (χ4n) is 4.06. The van der Waals surface area contributed by atoms with Crippen molar-refractivity contribution in [2.45, 2.75) is 45.1 Å². The average molecular weight is 445 g/mol. The highest BCUT2D eigenvalue weighted by atomic mass is 19.4. The predicted octanol–water partition coefficient (Wildman–Crippen LogP) is 3.16. The molecular weight excluding hydrogens is 422 g/mol. The number of nitrogens with one attached hydrogen (secondary N) is 1. The van der Waals surface area contributed by atoms with Gasteiger partial charge in [0.2, 0.25) is 5.43 Å². The number of benzene rings is 1. The number of carboxylic acids is 1. The maximum Gasteiger partial charge on any atom is 0.408 e. The number of halogens is 4. The molecule has 31 heavy (non-hydrogen) atoms. The lowest BCUT2D eigenvalue weighted by Gasteiger charge is -2.38. The summed E-state index contributed by atoms with van der Waals surface area (Å²) in [5.41, 5.74) is -2.35. The monoisotopic (exact) mass is 445 g/mol. The zero-order chi connectivity index (χ0) is 23.2. The van der Waals surface area contributed by atoms with E-state index >= 15 is 4.39 Å². The van der Waals surface area contributed by atoms with Crippen LogP contribution in [0.5, 0.6) is 5.75 Å². The van der Waals surface area contributed by atoms with Crippen LogP contribution in [-0.2, 0) is 0 Å². The van der Waals surface area contributed by atoms with Crippen LogP contribution in [0.15, 0.2) is 17.1 Å². The van der Waals surface area contributed by atoms with Gasteiger partial charge in [-0.1, -0.05) is 0 Å². The van der Waals surface area contributed by atoms with E-state index in [-0.39, 0.29) is 29.0 Å². The number of nitrogens with zero attached hydrogens (tertiary/aromatic N) is 2. The summed E-state index contributed by atoms with van der Waals surface area (Å²) >= 11 is 0.